The molecule has 8 heteroatoms. The monoisotopic (exact) mass is 429 g/mol. The van der Waals surface area contributed by atoms with Gasteiger partial charge in [-0.1, -0.05) is 0 Å². The number of nitrogens with one attached hydrogen (secondary N) is 1. The molecule has 1 aromatic carbocycles. The second kappa shape index (κ2) is 7.96. The van der Waals surface area contributed by atoms with Crippen molar-refractivity contribution in [1.82, 2.24) is 14.9 Å². The first kappa shape index (κ1) is 20.0. The highest BCUT2D eigenvalue weighted by atomic mass is 16.5. The summed E-state index contributed by atoms with van der Waals surface area (Å²) in [5, 5.41) is 3.28. The molecule has 0 spiro atoms. The number of carbonyl (C=O) groups is 2. The van der Waals surface area contributed by atoms with E-state index in [9.17, 15) is 9.59 Å². The third-order valence-corrected chi connectivity index (χ3v) is 5.68. The number of fused-ring (bicyclic) bond motifs is 3. The molecule has 4 heterocycles. The van der Waals surface area contributed by atoms with Gasteiger partial charge in [0.25, 0.3) is 5.91 Å². The maximum atomic E-state index is 12.2. The predicted octanol–water partition coefficient (Wildman–Crippen LogP) is 3.61. The van der Waals surface area contributed by atoms with Crippen LogP contribution in [0.4, 0.5) is 17.2 Å². The zero-order valence-corrected chi connectivity index (χ0v) is 18.0. The Kier molecular flexibility index (Phi) is 4.97. The van der Waals surface area contributed by atoms with E-state index in [4.69, 9.17) is 4.74 Å². The van der Waals surface area contributed by atoms with Gasteiger partial charge in [-0.3, -0.25) is 14.6 Å². The molecule has 0 bridgehead atoms. The highest BCUT2D eigenvalue weighted by Crippen LogP contribution is 2.38. The topological polar surface area (TPSA) is 87.7 Å². The highest BCUT2D eigenvalue weighted by molar-refractivity contribution is 5.96. The van der Waals surface area contributed by atoms with E-state index in [2.05, 4.69) is 15.3 Å². The minimum atomic E-state index is -0.0636. The average molecular weight is 429 g/mol. The smallest absolute Gasteiger partial charge is 0.253 e. The lowest BCUT2D eigenvalue weighted by Gasteiger charge is -2.22. The van der Waals surface area contributed by atoms with E-state index in [1.807, 2.05) is 30.5 Å². The summed E-state index contributed by atoms with van der Waals surface area (Å²) in [6.07, 6.45) is 6.67. The van der Waals surface area contributed by atoms with Crippen molar-refractivity contribution >= 4 is 29.0 Å². The third-order valence-electron chi connectivity index (χ3n) is 5.68. The fourth-order valence-electron chi connectivity index (χ4n) is 4.05. The van der Waals surface area contributed by atoms with Crippen LogP contribution in [0, 0.1) is 0 Å². The van der Waals surface area contributed by atoms with Gasteiger partial charge in [-0.05, 0) is 36.8 Å². The molecule has 0 saturated carbocycles. The van der Waals surface area contributed by atoms with Gasteiger partial charge >= 0.3 is 0 Å². The Morgan fingerprint density at radius 3 is 2.78 bits per heavy atom. The number of carbonyl (C=O) groups excluding carboxylic acids is 2. The van der Waals surface area contributed by atoms with Gasteiger partial charge in [-0.15, -0.1) is 0 Å². The molecule has 2 aliphatic rings. The SMILES string of the molecule is CN(C)C(=O)c1ccc2c(c1)OCc1cc(Nc3cncc(N4CCCC4=O)c3)ncc1-2. The van der Waals surface area contributed by atoms with Gasteiger partial charge in [0.1, 0.15) is 18.2 Å². The molecule has 0 radical (unpaired) electrons. The number of nitrogens with zero attached hydrogens (tertiary/aromatic N) is 4. The lowest BCUT2D eigenvalue weighted by Crippen LogP contribution is -2.23. The summed E-state index contributed by atoms with van der Waals surface area (Å²) in [7, 11) is 3.45. The van der Waals surface area contributed by atoms with Crippen LogP contribution in [-0.2, 0) is 11.4 Å². The van der Waals surface area contributed by atoms with Crippen LogP contribution in [0.5, 0.6) is 5.75 Å². The van der Waals surface area contributed by atoms with Gasteiger partial charge < -0.3 is 19.9 Å². The largest absolute Gasteiger partial charge is 0.488 e. The van der Waals surface area contributed by atoms with Crippen LogP contribution >= 0.6 is 0 Å². The summed E-state index contributed by atoms with van der Waals surface area (Å²) in [5.74, 6) is 1.41. The first-order valence-electron chi connectivity index (χ1n) is 10.5. The van der Waals surface area contributed by atoms with Crippen LogP contribution in [0.1, 0.15) is 28.8 Å². The molecular formula is C24H23N5O3. The molecule has 0 unspecified atom stereocenters. The highest BCUT2D eigenvalue weighted by Gasteiger charge is 2.23. The van der Waals surface area contributed by atoms with Gasteiger partial charge in [-0.25, -0.2) is 4.98 Å². The van der Waals surface area contributed by atoms with E-state index in [0.29, 0.717) is 30.2 Å². The van der Waals surface area contributed by atoms with Crippen molar-refractivity contribution in [2.45, 2.75) is 19.4 Å². The molecule has 162 valence electrons. The molecule has 0 atom stereocenters. The van der Waals surface area contributed by atoms with E-state index in [1.165, 1.54) is 0 Å². The van der Waals surface area contributed by atoms with Crippen molar-refractivity contribution in [2.75, 3.05) is 30.9 Å². The number of ether oxygens (including phenoxy) is 1. The van der Waals surface area contributed by atoms with Crippen LogP contribution in [0.2, 0.25) is 0 Å². The second-order valence-electron chi connectivity index (χ2n) is 8.13. The average Bonchev–Trinajstić information content (AvgIpc) is 3.24. The lowest BCUT2D eigenvalue weighted by atomic mass is 9.97. The maximum absolute atomic E-state index is 12.2. The van der Waals surface area contributed by atoms with Crippen molar-refractivity contribution in [3.05, 3.63) is 60.0 Å². The Bertz CT molecular complexity index is 1220. The molecule has 1 saturated heterocycles. The molecule has 1 fully saturated rings. The first-order valence-corrected chi connectivity index (χ1v) is 10.5. The van der Waals surface area contributed by atoms with Gasteiger partial charge in [0.15, 0.2) is 0 Å². The Balaban J connectivity index is 1.39. The molecule has 8 nitrogen and oxygen atoms in total. The fraction of sp³-hybridized carbons (Fsp3) is 0.250. The Morgan fingerprint density at radius 1 is 1.12 bits per heavy atom. The molecule has 2 amide bonds. The Hall–Kier alpha value is -3.94. The third kappa shape index (κ3) is 3.64. The number of anilines is 3. The molecule has 2 aliphatic heterocycles. The number of rotatable bonds is 4. The van der Waals surface area contributed by atoms with E-state index >= 15 is 0 Å². The first-order chi connectivity index (χ1) is 15.5. The zero-order chi connectivity index (χ0) is 22.2. The van der Waals surface area contributed by atoms with E-state index < -0.39 is 0 Å². The summed E-state index contributed by atoms with van der Waals surface area (Å²) in [4.78, 5) is 36.4. The Labute approximate surface area is 185 Å². The molecule has 0 aliphatic carbocycles. The van der Waals surface area contributed by atoms with Crippen molar-refractivity contribution in [2.24, 2.45) is 0 Å². The predicted molar refractivity (Wildman–Crippen MR) is 121 cm³/mol. The summed E-state index contributed by atoms with van der Waals surface area (Å²) in [6, 6.07) is 9.35. The summed E-state index contributed by atoms with van der Waals surface area (Å²) >= 11 is 0. The lowest BCUT2D eigenvalue weighted by molar-refractivity contribution is -0.117. The maximum Gasteiger partial charge on any atom is 0.253 e. The molecule has 5 rings (SSSR count). The summed E-state index contributed by atoms with van der Waals surface area (Å²) in [6.45, 7) is 1.11. The standard InChI is InChI=1S/C24H23N5O3/c1-28(2)24(31)15-5-6-19-20-13-26-22(9-16(20)14-32-21(19)8-15)27-17-10-18(12-25-11-17)29-7-3-4-23(29)30/h5-6,8-13H,3-4,7,14H2,1-2H3,(H,26,27). The van der Waals surface area contributed by atoms with Crippen molar-refractivity contribution in [3.63, 3.8) is 0 Å². The van der Waals surface area contributed by atoms with Crippen molar-refractivity contribution in [3.8, 4) is 16.9 Å². The van der Waals surface area contributed by atoms with Gasteiger partial charge in [-0.2, -0.15) is 0 Å². The second-order valence-corrected chi connectivity index (χ2v) is 8.13. The number of amides is 2. The number of aromatic nitrogens is 2. The number of benzene rings is 1. The van der Waals surface area contributed by atoms with Crippen LogP contribution < -0.4 is 15.0 Å². The summed E-state index contributed by atoms with van der Waals surface area (Å²) in [5.41, 5.74) is 5.04. The normalized spacial score (nSPS) is 14.4. The minimum Gasteiger partial charge on any atom is -0.488 e. The van der Waals surface area contributed by atoms with Crippen LogP contribution in [0.3, 0.4) is 0 Å². The van der Waals surface area contributed by atoms with E-state index in [0.717, 1.165) is 41.0 Å². The van der Waals surface area contributed by atoms with Crippen LogP contribution in [-0.4, -0.2) is 47.3 Å². The number of hydrogen-bond donors (Lipinski definition) is 1. The quantitative estimate of drug-likeness (QED) is 0.682. The van der Waals surface area contributed by atoms with E-state index in [-0.39, 0.29) is 11.8 Å². The number of pyridine rings is 2. The van der Waals surface area contributed by atoms with Gasteiger partial charge in [0, 0.05) is 55.5 Å². The zero-order valence-electron chi connectivity index (χ0n) is 18.0. The van der Waals surface area contributed by atoms with Crippen molar-refractivity contribution in [1.29, 1.82) is 0 Å². The van der Waals surface area contributed by atoms with Gasteiger partial charge in [0.05, 0.1) is 23.8 Å². The molecule has 32 heavy (non-hydrogen) atoms. The molecular weight excluding hydrogens is 406 g/mol. The Morgan fingerprint density at radius 2 is 2.00 bits per heavy atom. The van der Waals surface area contributed by atoms with Crippen molar-refractivity contribution < 1.29 is 14.3 Å². The van der Waals surface area contributed by atoms with Crippen LogP contribution in [0.25, 0.3) is 11.1 Å². The molecule has 2 aromatic heterocycles. The molecule has 3 aromatic rings. The fourth-order valence-corrected chi connectivity index (χ4v) is 4.05. The summed E-state index contributed by atoms with van der Waals surface area (Å²) < 4.78 is 5.94. The minimum absolute atomic E-state index is 0.0636. The van der Waals surface area contributed by atoms with E-state index in [1.54, 1.807) is 42.4 Å². The van der Waals surface area contributed by atoms with Gasteiger partial charge in [0.2, 0.25) is 5.91 Å². The van der Waals surface area contributed by atoms with Crippen LogP contribution in [0.15, 0.2) is 48.9 Å². The number of hydrogen-bond acceptors (Lipinski definition) is 6. The molecule has 1 N–H and O–H groups in total.